The zero-order chi connectivity index (χ0) is 23.6. The Morgan fingerprint density at radius 1 is 0.344 bits per heavy atom. The molecule has 0 aromatic carbocycles. The largest absolute Gasteiger partial charge is 0.394 e. The second-order valence-electron chi connectivity index (χ2n) is 9.99. The highest BCUT2D eigenvalue weighted by molar-refractivity contribution is 6.67. The summed E-state index contributed by atoms with van der Waals surface area (Å²) >= 11 is 0. The molecule has 0 aromatic heterocycles. The SMILES string of the molecule is CCCCCCCCCCCCCCCCC[Si](CCCCCCCC)(OCC)OCC. The first-order chi connectivity index (χ1) is 15.7. The highest BCUT2D eigenvalue weighted by Gasteiger charge is 2.35. The zero-order valence-electron chi connectivity index (χ0n) is 23.0. The predicted octanol–water partition coefficient (Wildman–Crippen LogP) is 10.7. The van der Waals surface area contributed by atoms with E-state index in [2.05, 4.69) is 27.7 Å². The topological polar surface area (TPSA) is 18.5 Å². The van der Waals surface area contributed by atoms with E-state index < -0.39 is 8.56 Å². The van der Waals surface area contributed by atoms with Crippen LogP contribution in [0.1, 0.15) is 163 Å². The van der Waals surface area contributed by atoms with Crippen molar-refractivity contribution in [3.8, 4) is 0 Å². The third kappa shape index (κ3) is 20.7. The van der Waals surface area contributed by atoms with E-state index in [1.807, 2.05) is 0 Å². The van der Waals surface area contributed by atoms with E-state index in [9.17, 15) is 0 Å². The molecule has 0 atom stereocenters. The molecule has 0 heterocycles. The lowest BCUT2D eigenvalue weighted by Gasteiger charge is -2.30. The molecule has 0 rings (SSSR count). The fourth-order valence-corrected chi connectivity index (χ4v) is 8.46. The van der Waals surface area contributed by atoms with E-state index in [1.54, 1.807) is 0 Å². The van der Waals surface area contributed by atoms with Gasteiger partial charge in [0.15, 0.2) is 0 Å². The molecule has 194 valence electrons. The molecule has 0 N–H and O–H groups in total. The van der Waals surface area contributed by atoms with Crippen LogP contribution in [0, 0.1) is 0 Å². The monoisotopic (exact) mass is 470 g/mol. The van der Waals surface area contributed by atoms with Crippen molar-refractivity contribution in [2.75, 3.05) is 13.2 Å². The summed E-state index contributed by atoms with van der Waals surface area (Å²) in [6.07, 6.45) is 29.6. The lowest BCUT2D eigenvalue weighted by atomic mass is 10.0. The van der Waals surface area contributed by atoms with Crippen molar-refractivity contribution in [3.05, 3.63) is 0 Å². The third-order valence-corrected chi connectivity index (χ3v) is 10.7. The van der Waals surface area contributed by atoms with Crippen molar-refractivity contribution < 1.29 is 8.85 Å². The van der Waals surface area contributed by atoms with Gasteiger partial charge < -0.3 is 8.85 Å². The standard InChI is InChI=1S/C29H62O2Si/c1-5-9-11-13-15-16-17-18-19-20-21-22-23-25-27-29-32(30-7-3,31-8-4)28-26-24-14-12-10-6-2/h5-29H2,1-4H3. The Balaban J connectivity index is 3.75. The van der Waals surface area contributed by atoms with Crippen molar-refractivity contribution in [2.45, 2.75) is 175 Å². The maximum absolute atomic E-state index is 6.33. The Hall–Kier alpha value is 0.137. The van der Waals surface area contributed by atoms with Gasteiger partial charge in [-0.2, -0.15) is 0 Å². The van der Waals surface area contributed by atoms with Crippen LogP contribution in [0.15, 0.2) is 0 Å². The summed E-state index contributed by atoms with van der Waals surface area (Å²) in [5.74, 6) is 0. The summed E-state index contributed by atoms with van der Waals surface area (Å²) in [4.78, 5) is 0. The van der Waals surface area contributed by atoms with E-state index in [0.717, 1.165) is 13.2 Å². The molecule has 2 nitrogen and oxygen atoms in total. The molecule has 0 aliphatic carbocycles. The smallest absolute Gasteiger partial charge is 0.338 e. The Kier molecular flexibility index (Phi) is 25.9. The lowest BCUT2D eigenvalue weighted by molar-refractivity contribution is 0.180. The van der Waals surface area contributed by atoms with Crippen LogP contribution < -0.4 is 0 Å². The number of hydrogen-bond donors (Lipinski definition) is 0. The maximum Gasteiger partial charge on any atom is 0.338 e. The average molecular weight is 471 g/mol. The molecule has 0 aromatic rings. The second kappa shape index (κ2) is 25.8. The lowest BCUT2D eigenvalue weighted by Crippen LogP contribution is -2.42. The Labute approximate surface area is 205 Å². The van der Waals surface area contributed by atoms with E-state index in [-0.39, 0.29) is 0 Å². The second-order valence-corrected chi connectivity index (χ2v) is 13.4. The summed E-state index contributed by atoms with van der Waals surface area (Å²) in [7, 11) is -1.97. The maximum atomic E-state index is 6.33. The molecule has 0 aliphatic rings. The van der Waals surface area contributed by atoms with Crippen LogP contribution >= 0.6 is 0 Å². The Morgan fingerprint density at radius 3 is 0.844 bits per heavy atom. The molecule has 0 spiro atoms. The van der Waals surface area contributed by atoms with Crippen molar-refractivity contribution in [1.82, 2.24) is 0 Å². The van der Waals surface area contributed by atoms with E-state index in [4.69, 9.17) is 8.85 Å². The predicted molar refractivity (Wildman–Crippen MR) is 147 cm³/mol. The molecule has 0 saturated carbocycles. The summed E-state index contributed by atoms with van der Waals surface area (Å²) < 4.78 is 12.7. The van der Waals surface area contributed by atoms with Gasteiger partial charge in [0, 0.05) is 13.2 Å². The van der Waals surface area contributed by atoms with Gasteiger partial charge in [0.25, 0.3) is 0 Å². The summed E-state index contributed by atoms with van der Waals surface area (Å²) in [6.45, 7) is 10.5. The molecule has 0 amide bonds. The highest BCUT2D eigenvalue weighted by Crippen LogP contribution is 2.26. The van der Waals surface area contributed by atoms with E-state index in [0.29, 0.717) is 0 Å². The van der Waals surface area contributed by atoms with Crippen LogP contribution in [0.2, 0.25) is 12.1 Å². The van der Waals surface area contributed by atoms with Crippen LogP contribution in [0.5, 0.6) is 0 Å². The molecule has 0 radical (unpaired) electrons. The van der Waals surface area contributed by atoms with Gasteiger partial charge in [0.2, 0.25) is 0 Å². The summed E-state index contributed by atoms with van der Waals surface area (Å²) in [6, 6.07) is 2.42. The minimum absolute atomic E-state index is 0.820. The zero-order valence-corrected chi connectivity index (χ0v) is 24.0. The van der Waals surface area contributed by atoms with Crippen molar-refractivity contribution in [1.29, 1.82) is 0 Å². The van der Waals surface area contributed by atoms with Crippen molar-refractivity contribution in [3.63, 3.8) is 0 Å². The van der Waals surface area contributed by atoms with Gasteiger partial charge >= 0.3 is 8.56 Å². The molecule has 0 aliphatic heterocycles. The minimum Gasteiger partial charge on any atom is -0.394 e. The molecule has 0 fully saturated rings. The molecule has 0 unspecified atom stereocenters. The van der Waals surface area contributed by atoms with E-state index in [1.165, 1.54) is 147 Å². The third-order valence-electron chi connectivity index (χ3n) is 6.89. The van der Waals surface area contributed by atoms with E-state index >= 15 is 0 Å². The number of unbranched alkanes of at least 4 members (excludes halogenated alkanes) is 19. The average Bonchev–Trinajstić information content (AvgIpc) is 2.79. The molecular weight excluding hydrogens is 408 g/mol. The first kappa shape index (κ1) is 32.1. The molecule has 3 heteroatoms. The van der Waals surface area contributed by atoms with Gasteiger partial charge in [-0.15, -0.1) is 0 Å². The molecular formula is C29H62O2Si. The van der Waals surface area contributed by atoms with Gasteiger partial charge in [-0.1, -0.05) is 149 Å². The van der Waals surface area contributed by atoms with Crippen LogP contribution in [0.3, 0.4) is 0 Å². The Bertz CT molecular complexity index is 342. The minimum atomic E-state index is -1.97. The van der Waals surface area contributed by atoms with Crippen LogP contribution in [-0.4, -0.2) is 21.8 Å². The van der Waals surface area contributed by atoms with Crippen molar-refractivity contribution in [2.24, 2.45) is 0 Å². The summed E-state index contributed by atoms with van der Waals surface area (Å²) in [5.41, 5.74) is 0. The first-order valence-electron chi connectivity index (χ1n) is 15.0. The molecule has 32 heavy (non-hydrogen) atoms. The van der Waals surface area contributed by atoms with Gasteiger partial charge in [-0.3, -0.25) is 0 Å². The quantitative estimate of drug-likeness (QED) is 0.0877. The summed E-state index contributed by atoms with van der Waals surface area (Å²) in [5, 5.41) is 0. The molecule has 0 bridgehead atoms. The first-order valence-corrected chi connectivity index (χ1v) is 17.3. The number of rotatable bonds is 27. The van der Waals surface area contributed by atoms with Crippen molar-refractivity contribution >= 4 is 8.56 Å². The normalized spacial score (nSPS) is 12.0. The fourth-order valence-electron chi connectivity index (χ4n) is 4.92. The Morgan fingerprint density at radius 2 is 0.594 bits per heavy atom. The fraction of sp³-hybridized carbons (Fsp3) is 1.00. The van der Waals surface area contributed by atoms with Gasteiger partial charge in [0.1, 0.15) is 0 Å². The van der Waals surface area contributed by atoms with Gasteiger partial charge in [-0.05, 0) is 25.9 Å². The van der Waals surface area contributed by atoms with Gasteiger partial charge in [-0.25, -0.2) is 0 Å². The highest BCUT2D eigenvalue weighted by atomic mass is 28.4. The van der Waals surface area contributed by atoms with Crippen LogP contribution in [-0.2, 0) is 8.85 Å². The van der Waals surface area contributed by atoms with Crippen LogP contribution in [0.25, 0.3) is 0 Å². The van der Waals surface area contributed by atoms with Gasteiger partial charge in [0.05, 0.1) is 0 Å². The number of hydrogen-bond acceptors (Lipinski definition) is 2. The van der Waals surface area contributed by atoms with Crippen LogP contribution in [0.4, 0.5) is 0 Å². The molecule has 0 saturated heterocycles.